The topological polar surface area (TPSA) is 12.4 Å². The summed E-state index contributed by atoms with van der Waals surface area (Å²) < 4.78 is 0. The molecule has 1 heteroatoms. The summed E-state index contributed by atoms with van der Waals surface area (Å²) in [5.41, 5.74) is 2.62. The van der Waals surface area contributed by atoms with Crippen molar-refractivity contribution >= 4 is 5.71 Å². The van der Waals surface area contributed by atoms with Crippen molar-refractivity contribution in [2.24, 2.45) is 10.9 Å². The van der Waals surface area contributed by atoms with Crippen LogP contribution in [0.4, 0.5) is 0 Å². The first-order valence-corrected chi connectivity index (χ1v) is 5.50. The van der Waals surface area contributed by atoms with E-state index in [0.29, 0.717) is 5.92 Å². The Morgan fingerprint density at radius 2 is 2.00 bits per heavy atom. The number of allylic oxidation sites excluding steroid dienone is 4. The Bertz CT molecular complexity index is 234. The summed E-state index contributed by atoms with van der Waals surface area (Å²) in [5, 5.41) is 0. The maximum Gasteiger partial charge on any atom is 0.0404 e. The highest BCUT2D eigenvalue weighted by molar-refractivity contribution is 6.01. The van der Waals surface area contributed by atoms with Crippen molar-refractivity contribution in [3.05, 3.63) is 23.8 Å². The van der Waals surface area contributed by atoms with Gasteiger partial charge in [-0.3, -0.25) is 4.99 Å². The molecule has 0 rings (SSSR count). The summed E-state index contributed by atoms with van der Waals surface area (Å²) in [4.78, 5) is 4.40. The largest absolute Gasteiger partial charge is 0.293 e. The average Bonchev–Trinajstić information content (AvgIpc) is 2.23. The first kappa shape index (κ1) is 13.2. The van der Waals surface area contributed by atoms with E-state index in [1.807, 2.05) is 14.0 Å². The molecular formula is C13H23N. The lowest BCUT2D eigenvalue weighted by molar-refractivity contribution is 0.734. The molecule has 0 fully saturated rings. The lowest BCUT2D eigenvalue weighted by Crippen LogP contribution is -2.12. The van der Waals surface area contributed by atoms with Crippen LogP contribution in [0, 0.1) is 5.92 Å². The summed E-state index contributed by atoms with van der Waals surface area (Å²) in [7, 11) is 1.89. The van der Waals surface area contributed by atoms with Crippen molar-refractivity contribution in [1.29, 1.82) is 0 Å². The molecule has 1 atom stereocenters. The zero-order valence-electron chi connectivity index (χ0n) is 10.2. The standard InChI is InChI=1S/C13H23N/c1-6-9-10-12(8-3)13(14-5)11(4)7-2/h6,9-11H,7-8H2,1-5H3/b9-6?,12-10-,14-13?. The molecule has 0 heterocycles. The van der Waals surface area contributed by atoms with Gasteiger partial charge in [0.2, 0.25) is 0 Å². The molecule has 0 bridgehead atoms. The van der Waals surface area contributed by atoms with Gasteiger partial charge in [-0.25, -0.2) is 0 Å². The van der Waals surface area contributed by atoms with Crippen LogP contribution in [0.25, 0.3) is 0 Å². The van der Waals surface area contributed by atoms with Gasteiger partial charge in [0.25, 0.3) is 0 Å². The number of aliphatic imine (C=N–C) groups is 1. The van der Waals surface area contributed by atoms with E-state index in [-0.39, 0.29) is 0 Å². The minimum atomic E-state index is 0.566. The van der Waals surface area contributed by atoms with E-state index in [1.54, 1.807) is 0 Å². The lowest BCUT2D eigenvalue weighted by Gasteiger charge is -2.14. The smallest absolute Gasteiger partial charge is 0.0404 e. The lowest BCUT2D eigenvalue weighted by atomic mass is 9.94. The fourth-order valence-electron chi connectivity index (χ4n) is 1.47. The molecule has 0 saturated carbocycles. The summed E-state index contributed by atoms with van der Waals surface area (Å²) in [6.07, 6.45) is 8.53. The Balaban J connectivity index is 4.80. The predicted molar refractivity (Wildman–Crippen MR) is 66.0 cm³/mol. The van der Waals surface area contributed by atoms with Crippen LogP contribution < -0.4 is 0 Å². The summed E-state index contributed by atoms with van der Waals surface area (Å²) in [6, 6.07) is 0. The molecule has 0 radical (unpaired) electrons. The van der Waals surface area contributed by atoms with E-state index in [2.05, 4.69) is 44.0 Å². The number of hydrogen-bond donors (Lipinski definition) is 0. The van der Waals surface area contributed by atoms with Gasteiger partial charge in [0.05, 0.1) is 0 Å². The fraction of sp³-hybridized carbons (Fsp3) is 0.615. The Morgan fingerprint density at radius 1 is 1.36 bits per heavy atom. The Kier molecular flexibility index (Phi) is 7.09. The second-order valence-corrected chi connectivity index (χ2v) is 3.49. The van der Waals surface area contributed by atoms with Crippen LogP contribution in [0.2, 0.25) is 0 Å². The van der Waals surface area contributed by atoms with Crippen LogP contribution in [0.5, 0.6) is 0 Å². The molecule has 14 heavy (non-hydrogen) atoms. The van der Waals surface area contributed by atoms with Gasteiger partial charge in [-0.15, -0.1) is 0 Å². The maximum absolute atomic E-state index is 4.40. The molecule has 0 aliphatic rings. The molecule has 1 unspecified atom stereocenters. The SMILES string of the molecule is CC=C/C=C(/CC)C(=NC)C(C)CC. The molecule has 0 saturated heterocycles. The van der Waals surface area contributed by atoms with Crippen LogP contribution in [0.1, 0.15) is 40.5 Å². The molecule has 0 aromatic rings. The van der Waals surface area contributed by atoms with Crippen LogP contribution in [0.15, 0.2) is 28.8 Å². The van der Waals surface area contributed by atoms with E-state index in [9.17, 15) is 0 Å². The highest BCUT2D eigenvalue weighted by Gasteiger charge is 2.10. The average molecular weight is 193 g/mol. The minimum absolute atomic E-state index is 0.566. The van der Waals surface area contributed by atoms with Crippen molar-refractivity contribution in [3.63, 3.8) is 0 Å². The van der Waals surface area contributed by atoms with Crippen molar-refractivity contribution in [3.8, 4) is 0 Å². The second-order valence-electron chi connectivity index (χ2n) is 3.49. The van der Waals surface area contributed by atoms with Gasteiger partial charge >= 0.3 is 0 Å². The van der Waals surface area contributed by atoms with E-state index < -0.39 is 0 Å². The Hall–Kier alpha value is -0.850. The zero-order chi connectivity index (χ0) is 11.0. The van der Waals surface area contributed by atoms with E-state index >= 15 is 0 Å². The van der Waals surface area contributed by atoms with Crippen LogP contribution >= 0.6 is 0 Å². The quantitative estimate of drug-likeness (QED) is 0.462. The predicted octanol–water partition coefficient (Wildman–Crippen LogP) is 4.02. The van der Waals surface area contributed by atoms with E-state index in [0.717, 1.165) is 12.8 Å². The summed E-state index contributed by atoms with van der Waals surface area (Å²) >= 11 is 0. The van der Waals surface area contributed by atoms with Gasteiger partial charge in [-0.05, 0) is 31.3 Å². The molecule has 0 aromatic heterocycles. The fourth-order valence-corrected chi connectivity index (χ4v) is 1.47. The number of hydrogen-bond acceptors (Lipinski definition) is 1. The third-order valence-electron chi connectivity index (χ3n) is 2.52. The highest BCUT2D eigenvalue weighted by Crippen LogP contribution is 2.15. The number of rotatable bonds is 5. The minimum Gasteiger partial charge on any atom is -0.293 e. The van der Waals surface area contributed by atoms with Gasteiger partial charge in [0, 0.05) is 12.8 Å². The van der Waals surface area contributed by atoms with Crippen LogP contribution in [-0.4, -0.2) is 12.8 Å². The Morgan fingerprint density at radius 3 is 2.36 bits per heavy atom. The molecule has 0 aliphatic heterocycles. The van der Waals surface area contributed by atoms with Gasteiger partial charge in [-0.1, -0.05) is 39.0 Å². The Labute approximate surface area is 88.6 Å². The normalized spacial score (nSPS) is 16.4. The molecule has 80 valence electrons. The maximum atomic E-state index is 4.40. The van der Waals surface area contributed by atoms with E-state index in [1.165, 1.54) is 11.3 Å². The van der Waals surface area contributed by atoms with Crippen LogP contribution in [-0.2, 0) is 0 Å². The van der Waals surface area contributed by atoms with Gasteiger partial charge < -0.3 is 0 Å². The van der Waals surface area contributed by atoms with Crippen molar-refractivity contribution < 1.29 is 0 Å². The molecule has 0 aromatic carbocycles. The molecule has 1 nitrogen and oxygen atoms in total. The zero-order valence-corrected chi connectivity index (χ0v) is 10.2. The van der Waals surface area contributed by atoms with Crippen molar-refractivity contribution in [1.82, 2.24) is 0 Å². The van der Waals surface area contributed by atoms with Gasteiger partial charge in [0.15, 0.2) is 0 Å². The monoisotopic (exact) mass is 193 g/mol. The molecule has 0 aliphatic carbocycles. The first-order chi connectivity index (χ1) is 6.71. The van der Waals surface area contributed by atoms with E-state index in [4.69, 9.17) is 0 Å². The van der Waals surface area contributed by atoms with Crippen LogP contribution in [0.3, 0.4) is 0 Å². The van der Waals surface area contributed by atoms with Gasteiger partial charge in [0.1, 0.15) is 0 Å². The molecular weight excluding hydrogens is 170 g/mol. The second kappa shape index (κ2) is 7.54. The first-order valence-electron chi connectivity index (χ1n) is 5.50. The summed E-state index contributed by atoms with van der Waals surface area (Å²) in [6.45, 7) is 8.67. The third-order valence-corrected chi connectivity index (χ3v) is 2.52. The van der Waals surface area contributed by atoms with Gasteiger partial charge in [-0.2, -0.15) is 0 Å². The van der Waals surface area contributed by atoms with Crippen molar-refractivity contribution in [2.45, 2.75) is 40.5 Å². The van der Waals surface area contributed by atoms with Crippen molar-refractivity contribution in [2.75, 3.05) is 7.05 Å². The summed E-state index contributed by atoms with van der Waals surface area (Å²) in [5.74, 6) is 0.566. The molecule has 0 spiro atoms. The number of nitrogens with zero attached hydrogens (tertiary/aromatic N) is 1. The third kappa shape index (κ3) is 3.91. The highest BCUT2D eigenvalue weighted by atomic mass is 14.7. The molecule has 0 N–H and O–H groups in total. The molecule has 0 amide bonds.